The van der Waals surface area contributed by atoms with E-state index in [1.807, 2.05) is 30.3 Å². The Morgan fingerprint density at radius 2 is 1.91 bits per heavy atom. The molecule has 23 heavy (non-hydrogen) atoms. The standard InChI is InChI=1S/C17H23N3O3/c21-16(18-7-9-19-10-12-23-13-11-19)15-6-8-20(17(15)22)14-4-2-1-3-5-14/h1-5,15H,6-13H2,(H,18,21). The summed E-state index contributed by atoms with van der Waals surface area (Å²) in [5, 5.41) is 2.91. The molecule has 0 aliphatic carbocycles. The molecule has 0 spiro atoms. The van der Waals surface area contributed by atoms with Crippen molar-refractivity contribution in [3.05, 3.63) is 30.3 Å². The number of ether oxygens (including phenoxy) is 1. The quantitative estimate of drug-likeness (QED) is 0.803. The van der Waals surface area contributed by atoms with Crippen LogP contribution in [0.1, 0.15) is 6.42 Å². The Bertz CT molecular complexity index is 543. The summed E-state index contributed by atoms with van der Waals surface area (Å²) >= 11 is 0. The Morgan fingerprint density at radius 3 is 2.65 bits per heavy atom. The number of morpholine rings is 1. The number of hydrogen-bond acceptors (Lipinski definition) is 4. The molecule has 2 aliphatic heterocycles. The predicted octanol–water partition coefficient (Wildman–Crippen LogP) is 0.488. The van der Waals surface area contributed by atoms with Crippen molar-refractivity contribution in [1.82, 2.24) is 10.2 Å². The number of benzene rings is 1. The fourth-order valence-electron chi connectivity index (χ4n) is 3.07. The summed E-state index contributed by atoms with van der Waals surface area (Å²) < 4.78 is 5.30. The molecule has 1 aromatic carbocycles. The summed E-state index contributed by atoms with van der Waals surface area (Å²) in [5.41, 5.74) is 0.862. The second-order valence-electron chi connectivity index (χ2n) is 5.91. The molecule has 2 aliphatic rings. The molecule has 1 unspecified atom stereocenters. The molecule has 2 heterocycles. The second kappa shape index (κ2) is 7.57. The minimum absolute atomic E-state index is 0.0972. The van der Waals surface area contributed by atoms with Crippen molar-refractivity contribution < 1.29 is 14.3 Å². The molecule has 0 saturated carbocycles. The lowest BCUT2D eigenvalue weighted by Gasteiger charge is -2.26. The van der Waals surface area contributed by atoms with Gasteiger partial charge < -0.3 is 15.0 Å². The molecule has 6 heteroatoms. The van der Waals surface area contributed by atoms with Gasteiger partial charge in [-0.3, -0.25) is 14.5 Å². The summed E-state index contributed by atoms with van der Waals surface area (Å²) in [5.74, 6) is -0.804. The van der Waals surface area contributed by atoms with Crippen LogP contribution in [0.4, 0.5) is 5.69 Å². The highest BCUT2D eigenvalue weighted by Crippen LogP contribution is 2.24. The van der Waals surface area contributed by atoms with E-state index in [2.05, 4.69) is 10.2 Å². The van der Waals surface area contributed by atoms with Crippen LogP contribution in [0.15, 0.2) is 30.3 Å². The largest absolute Gasteiger partial charge is 0.379 e. The van der Waals surface area contributed by atoms with E-state index in [0.29, 0.717) is 19.5 Å². The number of carbonyl (C=O) groups is 2. The summed E-state index contributed by atoms with van der Waals surface area (Å²) in [6.07, 6.45) is 0.580. The van der Waals surface area contributed by atoms with Crippen LogP contribution < -0.4 is 10.2 Å². The number of rotatable bonds is 5. The first-order chi connectivity index (χ1) is 11.3. The van der Waals surface area contributed by atoms with Gasteiger partial charge in [0.25, 0.3) is 0 Å². The van der Waals surface area contributed by atoms with Gasteiger partial charge in [-0.2, -0.15) is 0 Å². The zero-order valence-corrected chi connectivity index (χ0v) is 13.2. The minimum atomic E-state index is -0.556. The number of amides is 2. The topological polar surface area (TPSA) is 61.9 Å². The van der Waals surface area contributed by atoms with Gasteiger partial charge in [-0.05, 0) is 18.6 Å². The minimum Gasteiger partial charge on any atom is -0.379 e. The Labute approximate surface area is 136 Å². The van der Waals surface area contributed by atoms with E-state index in [1.165, 1.54) is 0 Å². The zero-order valence-electron chi connectivity index (χ0n) is 13.2. The lowest BCUT2D eigenvalue weighted by Crippen LogP contribution is -2.43. The van der Waals surface area contributed by atoms with Crippen LogP contribution in [-0.2, 0) is 14.3 Å². The average molecular weight is 317 g/mol. The molecule has 2 amide bonds. The van der Waals surface area contributed by atoms with E-state index in [1.54, 1.807) is 4.90 Å². The van der Waals surface area contributed by atoms with Crippen LogP contribution in [0, 0.1) is 5.92 Å². The molecule has 0 radical (unpaired) electrons. The van der Waals surface area contributed by atoms with Gasteiger partial charge >= 0.3 is 0 Å². The van der Waals surface area contributed by atoms with E-state index in [9.17, 15) is 9.59 Å². The normalized spacial score (nSPS) is 22.3. The van der Waals surface area contributed by atoms with Crippen LogP contribution >= 0.6 is 0 Å². The molecule has 0 aromatic heterocycles. The van der Waals surface area contributed by atoms with Gasteiger partial charge in [-0.25, -0.2) is 0 Å². The molecule has 2 fully saturated rings. The number of nitrogens with one attached hydrogen (secondary N) is 1. The SMILES string of the molecule is O=C(NCCN1CCOCC1)C1CCN(c2ccccc2)C1=O. The molecule has 1 atom stereocenters. The third-order valence-corrected chi connectivity index (χ3v) is 4.42. The van der Waals surface area contributed by atoms with Gasteiger partial charge in [0.1, 0.15) is 5.92 Å². The van der Waals surface area contributed by atoms with Crippen molar-refractivity contribution in [1.29, 1.82) is 0 Å². The number of hydrogen-bond donors (Lipinski definition) is 1. The third kappa shape index (κ3) is 3.89. The summed E-state index contributed by atoms with van der Waals surface area (Å²) in [6, 6.07) is 9.52. The Hall–Kier alpha value is -1.92. The van der Waals surface area contributed by atoms with Crippen LogP contribution in [0.2, 0.25) is 0 Å². The molecule has 2 saturated heterocycles. The molecular weight excluding hydrogens is 294 g/mol. The highest BCUT2D eigenvalue weighted by Gasteiger charge is 2.37. The van der Waals surface area contributed by atoms with Crippen LogP contribution in [0.25, 0.3) is 0 Å². The number of anilines is 1. The number of nitrogens with zero attached hydrogens (tertiary/aromatic N) is 2. The number of carbonyl (C=O) groups excluding carboxylic acids is 2. The Balaban J connectivity index is 1.47. The summed E-state index contributed by atoms with van der Waals surface area (Å²) in [7, 11) is 0. The maximum absolute atomic E-state index is 12.5. The van der Waals surface area contributed by atoms with Gasteiger partial charge in [0, 0.05) is 38.4 Å². The average Bonchev–Trinajstić information content (AvgIpc) is 2.98. The fraction of sp³-hybridized carbons (Fsp3) is 0.529. The first kappa shape index (κ1) is 16.0. The molecule has 0 bridgehead atoms. The van der Waals surface area contributed by atoms with E-state index in [-0.39, 0.29) is 11.8 Å². The molecule has 1 aromatic rings. The van der Waals surface area contributed by atoms with E-state index in [4.69, 9.17) is 4.74 Å². The molecule has 124 valence electrons. The Morgan fingerprint density at radius 1 is 1.17 bits per heavy atom. The highest BCUT2D eigenvalue weighted by atomic mass is 16.5. The first-order valence-corrected chi connectivity index (χ1v) is 8.20. The van der Waals surface area contributed by atoms with Crippen molar-refractivity contribution in [2.24, 2.45) is 5.92 Å². The van der Waals surface area contributed by atoms with Gasteiger partial charge in [0.2, 0.25) is 11.8 Å². The predicted molar refractivity (Wildman–Crippen MR) is 87.2 cm³/mol. The summed E-state index contributed by atoms with van der Waals surface area (Å²) in [4.78, 5) is 28.7. The highest BCUT2D eigenvalue weighted by molar-refractivity contribution is 6.09. The third-order valence-electron chi connectivity index (χ3n) is 4.42. The molecule has 3 rings (SSSR count). The van der Waals surface area contributed by atoms with Gasteiger partial charge in [-0.15, -0.1) is 0 Å². The van der Waals surface area contributed by atoms with Crippen molar-refractivity contribution in [2.45, 2.75) is 6.42 Å². The maximum atomic E-state index is 12.5. The van der Waals surface area contributed by atoms with Crippen LogP contribution in [0.5, 0.6) is 0 Å². The van der Waals surface area contributed by atoms with Crippen molar-refractivity contribution in [3.8, 4) is 0 Å². The molecule has 1 N–H and O–H groups in total. The summed E-state index contributed by atoms with van der Waals surface area (Å²) in [6.45, 7) is 5.29. The van der Waals surface area contributed by atoms with Gasteiger partial charge in [0.15, 0.2) is 0 Å². The zero-order chi connectivity index (χ0) is 16.1. The van der Waals surface area contributed by atoms with E-state index in [0.717, 1.165) is 38.5 Å². The Kier molecular flexibility index (Phi) is 5.25. The van der Waals surface area contributed by atoms with Gasteiger partial charge in [-0.1, -0.05) is 18.2 Å². The lowest BCUT2D eigenvalue weighted by molar-refractivity contribution is -0.132. The van der Waals surface area contributed by atoms with E-state index < -0.39 is 5.92 Å². The van der Waals surface area contributed by atoms with Crippen molar-refractivity contribution >= 4 is 17.5 Å². The van der Waals surface area contributed by atoms with E-state index >= 15 is 0 Å². The molecular formula is C17H23N3O3. The van der Waals surface area contributed by atoms with Crippen molar-refractivity contribution in [2.75, 3.05) is 50.8 Å². The number of para-hydroxylation sites is 1. The molecule has 6 nitrogen and oxygen atoms in total. The van der Waals surface area contributed by atoms with Crippen LogP contribution in [-0.4, -0.2) is 62.7 Å². The smallest absolute Gasteiger partial charge is 0.239 e. The maximum Gasteiger partial charge on any atom is 0.239 e. The van der Waals surface area contributed by atoms with Gasteiger partial charge in [0.05, 0.1) is 13.2 Å². The first-order valence-electron chi connectivity index (χ1n) is 8.20. The monoisotopic (exact) mass is 317 g/mol. The van der Waals surface area contributed by atoms with Crippen LogP contribution in [0.3, 0.4) is 0 Å². The fourth-order valence-corrected chi connectivity index (χ4v) is 3.07. The lowest BCUT2D eigenvalue weighted by atomic mass is 10.1. The second-order valence-corrected chi connectivity index (χ2v) is 5.91. The van der Waals surface area contributed by atoms with Crippen molar-refractivity contribution in [3.63, 3.8) is 0 Å².